The van der Waals surface area contributed by atoms with Gasteiger partial charge in [-0.15, -0.1) is 0 Å². The number of aliphatic imine (C=N–C) groups is 1. The van der Waals surface area contributed by atoms with Gasteiger partial charge in [0.25, 0.3) is 11.4 Å². The monoisotopic (exact) mass is 369 g/mol. The molecule has 1 N–H and O–H groups in total. The first-order chi connectivity index (χ1) is 12.7. The predicted octanol–water partition coefficient (Wildman–Crippen LogP) is 2.73. The molecule has 10 heteroatoms. The molecule has 1 atom stereocenters. The van der Waals surface area contributed by atoms with Gasteiger partial charge in [-0.25, -0.2) is 4.99 Å². The highest BCUT2D eigenvalue weighted by molar-refractivity contribution is 6.38. The fourth-order valence-electron chi connectivity index (χ4n) is 2.94. The van der Waals surface area contributed by atoms with E-state index >= 15 is 0 Å². The average molecular weight is 369 g/mol. The zero-order valence-electron chi connectivity index (χ0n) is 13.8. The summed E-state index contributed by atoms with van der Waals surface area (Å²) in [7, 11) is 0. The molecule has 0 saturated heterocycles. The fraction of sp³-hybridized carbons (Fsp3) is 0.118. The smallest absolute Gasteiger partial charge is 0.280 e. The zero-order chi connectivity index (χ0) is 19.9. The van der Waals surface area contributed by atoms with Crippen LogP contribution >= 0.6 is 0 Å². The molecule has 136 valence electrons. The van der Waals surface area contributed by atoms with E-state index in [1.54, 1.807) is 0 Å². The summed E-state index contributed by atoms with van der Waals surface area (Å²) in [5.74, 6) is -3.18. The first-order valence-corrected chi connectivity index (χ1v) is 7.60. The minimum atomic E-state index is -1.35. The van der Waals surface area contributed by atoms with Crippen LogP contribution in [0.1, 0.15) is 22.8 Å². The van der Waals surface area contributed by atoms with Crippen LogP contribution in [0, 0.1) is 26.1 Å². The number of aromatic hydroxyl groups is 1. The lowest BCUT2D eigenvalue weighted by Gasteiger charge is -2.07. The molecule has 2 aromatic rings. The van der Waals surface area contributed by atoms with Crippen LogP contribution in [0.4, 0.5) is 17.1 Å². The Morgan fingerprint density at radius 1 is 1.15 bits per heavy atom. The Kier molecular flexibility index (Phi) is 4.24. The lowest BCUT2D eigenvalue weighted by Crippen LogP contribution is -2.23. The van der Waals surface area contributed by atoms with Crippen molar-refractivity contribution < 1.29 is 24.5 Å². The van der Waals surface area contributed by atoms with Crippen molar-refractivity contribution in [1.29, 1.82) is 0 Å². The Hall–Kier alpha value is -3.95. The molecule has 1 aliphatic rings. The van der Waals surface area contributed by atoms with Gasteiger partial charge in [-0.1, -0.05) is 12.1 Å². The van der Waals surface area contributed by atoms with E-state index in [4.69, 9.17) is 0 Å². The number of carbonyl (C=O) groups is 2. The highest BCUT2D eigenvalue weighted by Gasteiger charge is 2.44. The summed E-state index contributed by atoms with van der Waals surface area (Å²) in [6, 6.07) is 7.08. The lowest BCUT2D eigenvalue weighted by molar-refractivity contribution is -0.385. The maximum absolute atomic E-state index is 12.6. The number of non-ortho nitro benzene ring substituents is 1. The van der Waals surface area contributed by atoms with Crippen LogP contribution in [0.2, 0.25) is 0 Å². The van der Waals surface area contributed by atoms with E-state index in [-0.39, 0.29) is 28.2 Å². The second-order valence-corrected chi connectivity index (χ2v) is 5.79. The minimum absolute atomic E-state index is 0.0460. The van der Waals surface area contributed by atoms with Crippen molar-refractivity contribution in [2.45, 2.75) is 6.92 Å². The lowest BCUT2D eigenvalue weighted by atomic mass is 9.98. The summed E-state index contributed by atoms with van der Waals surface area (Å²) in [4.78, 5) is 49.3. The first-order valence-electron chi connectivity index (χ1n) is 7.60. The quantitative estimate of drug-likeness (QED) is 0.494. The van der Waals surface area contributed by atoms with Crippen molar-refractivity contribution in [3.8, 4) is 5.75 Å². The van der Waals surface area contributed by atoms with E-state index in [1.165, 1.54) is 12.1 Å². The Labute approximate surface area is 151 Å². The van der Waals surface area contributed by atoms with E-state index in [0.717, 1.165) is 31.2 Å². The average Bonchev–Trinajstić information content (AvgIpc) is 2.88. The van der Waals surface area contributed by atoms with Crippen molar-refractivity contribution in [3.63, 3.8) is 0 Å². The molecule has 0 spiro atoms. The van der Waals surface area contributed by atoms with Crippen molar-refractivity contribution in [1.82, 2.24) is 0 Å². The van der Waals surface area contributed by atoms with Crippen LogP contribution in [-0.2, 0) is 4.79 Å². The van der Waals surface area contributed by atoms with Gasteiger partial charge in [0.15, 0.2) is 5.78 Å². The fourth-order valence-corrected chi connectivity index (χ4v) is 2.94. The largest absolute Gasteiger partial charge is 0.505 e. The van der Waals surface area contributed by atoms with Gasteiger partial charge in [0.05, 0.1) is 21.6 Å². The number of fused-ring (bicyclic) bond motifs is 1. The van der Waals surface area contributed by atoms with Gasteiger partial charge in [-0.2, -0.15) is 0 Å². The third-order valence-electron chi connectivity index (χ3n) is 4.11. The van der Waals surface area contributed by atoms with E-state index < -0.39 is 38.8 Å². The topological polar surface area (TPSA) is 153 Å². The molecule has 0 saturated carbocycles. The third-order valence-corrected chi connectivity index (χ3v) is 4.11. The molecule has 0 heterocycles. The summed E-state index contributed by atoms with van der Waals surface area (Å²) < 4.78 is 0. The Morgan fingerprint density at radius 2 is 1.85 bits per heavy atom. The molecule has 0 aliphatic heterocycles. The van der Waals surface area contributed by atoms with Gasteiger partial charge in [-0.05, 0) is 13.0 Å². The van der Waals surface area contributed by atoms with Gasteiger partial charge >= 0.3 is 0 Å². The first kappa shape index (κ1) is 17.9. The molecule has 3 rings (SSSR count). The van der Waals surface area contributed by atoms with Crippen molar-refractivity contribution in [2.75, 3.05) is 0 Å². The zero-order valence-corrected chi connectivity index (χ0v) is 13.8. The third kappa shape index (κ3) is 2.92. The molecule has 0 fully saturated rings. The van der Waals surface area contributed by atoms with E-state index in [1.807, 2.05) is 0 Å². The van der Waals surface area contributed by atoms with Crippen LogP contribution in [0.25, 0.3) is 0 Å². The molecular formula is C17H11N3O7. The number of hydrogen-bond acceptors (Lipinski definition) is 8. The second kappa shape index (κ2) is 6.41. The Balaban J connectivity index is 2.23. The molecule has 0 radical (unpaired) electrons. The maximum Gasteiger partial charge on any atom is 0.280 e. The van der Waals surface area contributed by atoms with Crippen molar-refractivity contribution in [2.24, 2.45) is 10.9 Å². The predicted molar refractivity (Wildman–Crippen MR) is 92.6 cm³/mol. The van der Waals surface area contributed by atoms with Crippen LogP contribution in [0.3, 0.4) is 0 Å². The number of benzene rings is 2. The Bertz CT molecular complexity index is 1060. The standard InChI is InChI=1S/C17H11N3O7/c1-8(21)14-16(18-11-6-5-9(19(24)25)7-13(11)22)10-3-2-4-12(20(26)27)15(10)17(14)23/h2-7,14,22H,1H3/t14-/m0/s1. The molecule has 2 aromatic carbocycles. The summed E-state index contributed by atoms with van der Waals surface area (Å²) in [6.45, 7) is 1.16. The number of nitro groups is 2. The SMILES string of the molecule is CC(=O)[C@@H]1C(=O)c2c(cccc2[N+](=O)[O-])C1=Nc1ccc([N+](=O)[O-])cc1O. The molecule has 0 aromatic heterocycles. The summed E-state index contributed by atoms with van der Waals surface area (Å²) in [6.07, 6.45) is 0. The van der Waals surface area contributed by atoms with Crippen LogP contribution in [0.5, 0.6) is 5.75 Å². The number of hydrogen-bond donors (Lipinski definition) is 1. The summed E-state index contributed by atoms with van der Waals surface area (Å²) >= 11 is 0. The number of phenols is 1. The number of carbonyl (C=O) groups excluding carboxylic acids is 2. The summed E-state index contributed by atoms with van der Waals surface area (Å²) in [5.41, 5.74) is -1.06. The number of Topliss-reactive ketones (excluding diaryl/α,β-unsaturated/α-hetero) is 2. The number of nitrogens with zero attached hydrogens (tertiary/aromatic N) is 3. The van der Waals surface area contributed by atoms with Crippen molar-refractivity contribution in [3.05, 3.63) is 67.8 Å². The highest BCUT2D eigenvalue weighted by atomic mass is 16.6. The second-order valence-electron chi connectivity index (χ2n) is 5.79. The van der Waals surface area contributed by atoms with Crippen molar-refractivity contribution >= 4 is 34.3 Å². The van der Waals surface area contributed by atoms with Crippen LogP contribution < -0.4 is 0 Å². The number of rotatable bonds is 4. The molecule has 0 unspecified atom stereocenters. The highest BCUT2D eigenvalue weighted by Crippen LogP contribution is 2.38. The van der Waals surface area contributed by atoms with Gasteiger partial charge in [0.1, 0.15) is 28.7 Å². The Morgan fingerprint density at radius 3 is 2.41 bits per heavy atom. The number of ketones is 2. The van der Waals surface area contributed by atoms with Crippen LogP contribution in [0.15, 0.2) is 41.4 Å². The molecule has 0 bridgehead atoms. The van der Waals surface area contributed by atoms with E-state index in [2.05, 4.69) is 4.99 Å². The van der Waals surface area contributed by atoms with Gasteiger partial charge < -0.3 is 5.11 Å². The molecule has 0 amide bonds. The molecular weight excluding hydrogens is 358 g/mol. The van der Waals surface area contributed by atoms with Gasteiger partial charge in [0.2, 0.25) is 0 Å². The minimum Gasteiger partial charge on any atom is -0.505 e. The maximum atomic E-state index is 12.6. The molecule has 10 nitrogen and oxygen atoms in total. The normalized spacial score (nSPS) is 17.0. The van der Waals surface area contributed by atoms with Gasteiger partial charge in [0, 0.05) is 17.7 Å². The molecule has 27 heavy (non-hydrogen) atoms. The van der Waals surface area contributed by atoms with Gasteiger partial charge in [-0.3, -0.25) is 29.8 Å². The number of phenolic OH excluding ortho intramolecular Hbond substituents is 1. The molecule has 1 aliphatic carbocycles. The van der Waals surface area contributed by atoms with E-state index in [9.17, 15) is 34.9 Å². The van der Waals surface area contributed by atoms with Crippen LogP contribution in [-0.4, -0.2) is 32.2 Å². The summed E-state index contributed by atoms with van der Waals surface area (Å²) in [5, 5.41) is 32.0. The van der Waals surface area contributed by atoms with E-state index in [0.29, 0.717) is 0 Å². The number of nitro benzene ring substituents is 2.